The molecule has 0 spiro atoms. The maximum Gasteiger partial charge on any atom is 0.315 e. The summed E-state index contributed by atoms with van der Waals surface area (Å²) in [6, 6.07) is 7.60. The molecule has 132 valence electrons. The number of methoxy groups -OCH3 is 1. The Kier molecular flexibility index (Phi) is 5.02. The lowest BCUT2D eigenvalue weighted by Gasteiger charge is -2.34. The van der Waals surface area contributed by atoms with Crippen molar-refractivity contribution in [3.05, 3.63) is 41.1 Å². The number of allylic oxidation sites excluding steroid dienone is 2. The third-order valence-corrected chi connectivity index (χ3v) is 4.84. The first-order valence-electron chi connectivity index (χ1n) is 8.69. The van der Waals surface area contributed by atoms with Gasteiger partial charge in [0.05, 0.1) is 13.7 Å². The second-order valence-corrected chi connectivity index (χ2v) is 6.34. The summed E-state index contributed by atoms with van der Waals surface area (Å²) in [6.07, 6.45) is 2.06. The second kappa shape index (κ2) is 7.21. The smallest absolute Gasteiger partial charge is 0.315 e. The highest BCUT2D eigenvalue weighted by Crippen LogP contribution is 2.46. The van der Waals surface area contributed by atoms with Gasteiger partial charge in [0.1, 0.15) is 11.7 Å². The lowest BCUT2D eigenvalue weighted by atomic mass is 9.71. The van der Waals surface area contributed by atoms with Crippen LogP contribution in [0.2, 0.25) is 0 Å². The summed E-state index contributed by atoms with van der Waals surface area (Å²) in [6.45, 7) is 4.26. The second-order valence-electron chi connectivity index (χ2n) is 6.34. The first-order chi connectivity index (χ1) is 12.1. The molecule has 0 fully saturated rings. The topological polar surface area (TPSA) is 65.0 Å². The molecule has 1 heterocycles. The van der Waals surface area contributed by atoms with Crippen LogP contribution in [0.4, 0.5) is 0 Å². The number of nitrogens with zero attached hydrogens (tertiary/aromatic N) is 1. The molecule has 0 saturated carbocycles. The van der Waals surface area contributed by atoms with Crippen LogP contribution in [0.5, 0.6) is 5.75 Å². The molecule has 1 aromatic carbocycles. The van der Waals surface area contributed by atoms with Crippen molar-refractivity contribution < 1.29 is 19.1 Å². The van der Waals surface area contributed by atoms with Crippen molar-refractivity contribution in [1.29, 1.82) is 0 Å². The number of para-hydroxylation sites is 1. The first-order valence-corrected chi connectivity index (χ1v) is 8.69. The summed E-state index contributed by atoms with van der Waals surface area (Å²) in [5.74, 6) is -0.614. The molecular formula is C20H23NO4. The van der Waals surface area contributed by atoms with Crippen LogP contribution in [0, 0.1) is 5.92 Å². The minimum absolute atomic E-state index is 0.0719. The molecule has 2 aliphatic rings. The van der Waals surface area contributed by atoms with E-state index >= 15 is 0 Å². The van der Waals surface area contributed by atoms with Crippen molar-refractivity contribution in [2.24, 2.45) is 10.9 Å². The van der Waals surface area contributed by atoms with Gasteiger partial charge in [0.25, 0.3) is 0 Å². The Balaban J connectivity index is 2.20. The molecule has 0 amide bonds. The van der Waals surface area contributed by atoms with E-state index in [1.54, 1.807) is 0 Å². The predicted molar refractivity (Wildman–Crippen MR) is 94.9 cm³/mol. The van der Waals surface area contributed by atoms with Gasteiger partial charge >= 0.3 is 5.97 Å². The van der Waals surface area contributed by atoms with Gasteiger partial charge in [-0.05, 0) is 32.8 Å². The van der Waals surface area contributed by atoms with Gasteiger partial charge < -0.3 is 9.47 Å². The van der Waals surface area contributed by atoms with Crippen molar-refractivity contribution in [1.82, 2.24) is 0 Å². The summed E-state index contributed by atoms with van der Waals surface area (Å²) >= 11 is 0. The molecule has 0 saturated heterocycles. The molecule has 2 atom stereocenters. The van der Waals surface area contributed by atoms with Crippen LogP contribution in [0.25, 0.3) is 0 Å². The fraction of sp³-hybridized carbons (Fsp3) is 0.450. The summed E-state index contributed by atoms with van der Waals surface area (Å²) in [4.78, 5) is 29.8. The van der Waals surface area contributed by atoms with Crippen molar-refractivity contribution >= 4 is 17.5 Å². The standard InChI is InChI=1S/C20H23NO4/c1-4-25-16-11-6-5-8-13(16)18-17(20(23)24-3)12(2)21-14-9-7-10-15(22)19(14)18/h5-6,8,11,17-18H,4,7,9-10H2,1-3H3/t17-,18-/m1/s1. The molecule has 0 bridgehead atoms. The number of rotatable bonds is 4. The molecule has 0 aromatic heterocycles. The number of ketones is 1. The number of benzene rings is 1. The van der Waals surface area contributed by atoms with Crippen molar-refractivity contribution in [3.8, 4) is 5.75 Å². The maximum atomic E-state index is 12.7. The van der Waals surface area contributed by atoms with Gasteiger partial charge in [-0.15, -0.1) is 0 Å². The Labute approximate surface area is 147 Å². The van der Waals surface area contributed by atoms with E-state index in [9.17, 15) is 9.59 Å². The third-order valence-electron chi connectivity index (χ3n) is 4.84. The SMILES string of the molecule is CCOc1ccccc1[C@H]1C2=C(CCCC2=O)N=C(C)[C@H]1C(=O)OC. The number of aliphatic imine (C=N–C) groups is 1. The molecular weight excluding hydrogens is 318 g/mol. The van der Waals surface area contributed by atoms with Gasteiger partial charge in [0, 0.05) is 34.9 Å². The molecule has 1 aliphatic carbocycles. The van der Waals surface area contributed by atoms with Crippen molar-refractivity contribution in [3.63, 3.8) is 0 Å². The van der Waals surface area contributed by atoms with Gasteiger partial charge in [0.2, 0.25) is 0 Å². The van der Waals surface area contributed by atoms with Gasteiger partial charge in [-0.2, -0.15) is 0 Å². The summed E-state index contributed by atoms with van der Waals surface area (Å²) in [5.41, 5.74) is 3.00. The van der Waals surface area contributed by atoms with E-state index in [-0.39, 0.29) is 11.8 Å². The van der Waals surface area contributed by atoms with Crippen molar-refractivity contribution in [2.75, 3.05) is 13.7 Å². The number of carbonyl (C=O) groups excluding carboxylic acids is 2. The van der Waals surface area contributed by atoms with E-state index in [0.717, 1.165) is 24.1 Å². The van der Waals surface area contributed by atoms with E-state index in [4.69, 9.17) is 9.47 Å². The molecule has 25 heavy (non-hydrogen) atoms. The molecule has 0 N–H and O–H groups in total. The lowest BCUT2D eigenvalue weighted by Crippen LogP contribution is -2.37. The zero-order valence-electron chi connectivity index (χ0n) is 14.9. The van der Waals surface area contributed by atoms with E-state index in [1.165, 1.54) is 7.11 Å². The van der Waals surface area contributed by atoms with Crippen LogP contribution >= 0.6 is 0 Å². The predicted octanol–water partition coefficient (Wildman–Crippen LogP) is 3.44. The first kappa shape index (κ1) is 17.4. The summed E-state index contributed by atoms with van der Waals surface area (Å²) in [5, 5.41) is 0. The largest absolute Gasteiger partial charge is 0.494 e. The number of carbonyl (C=O) groups is 2. The zero-order valence-corrected chi connectivity index (χ0v) is 14.9. The molecule has 0 radical (unpaired) electrons. The number of hydrogen-bond donors (Lipinski definition) is 0. The van der Waals surface area contributed by atoms with Crippen molar-refractivity contribution in [2.45, 2.75) is 39.0 Å². The van der Waals surface area contributed by atoms with Crippen LogP contribution in [0.15, 0.2) is 40.5 Å². The fourth-order valence-electron chi connectivity index (χ4n) is 3.80. The Hall–Kier alpha value is -2.43. The van der Waals surface area contributed by atoms with Gasteiger partial charge in [-0.25, -0.2) is 0 Å². The molecule has 5 nitrogen and oxygen atoms in total. The third kappa shape index (κ3) is 3.11. The highest BCUT2D eigenvalue weighted by atomic mass is 16.5. The lowest BCUT2D eigenvalue weighted by molar-refractivity contribution is -0.143. The van der Waals surface area contributed by atoms with E-state index < -0.39 is 11.8 Å². The maximum absolute atomic E-state index is 12.7. The highest BCUT2D eigenvalue weighted by Gasteiger charge is 2.43. The molecule has 3 rings (SSSR count). The minimum Gasteiger partial charge on any atom is -0.494 e. The number of hydrogen-bond acceptors (Lipinski definition) is 5. The molecule has 1 aliphatic heterocycles. The van der Waals surface area contributed by atoms with E-state index in [2.05, 4.69) is 4.99 Å². The van der Waals surface area contributed by atoms with Crippen LogP contribution in [-0.4, -0.2) is 31.2 Å². The van der Waals surface area contributed by atoms with Crippen LogP contribution < -0.4 is 4.74 Å². The summed E-state index contributed by atoms with van der Waals surface area (Å²) < 4.78 is 10.8. The van der Waals surface area contributed by atoms with Crippen LogP contribution in [0.3, 0.4) is 0 Å². The monoisotopic (exact) mass is 341 g/mol. The number of Topliss-reactive ketones (excluding diaryl/α,β-unsaturated/α-hetero) is 1. The Morgan fingerprint density at radius 1 is 1.28 bits per heavy atom. The Morgan fingerprint density at radius 2 is 2.04 bits per heavy atom. The van der Waals surface area contributed by atoms with Crippen LogP contribution in [0.1, 0.15) is 44.6 Å². The minimum atomic E-state index is -0.604. The highest BCUT2D eigenvalue weighted by molar-refractivity contribution is 6.08. The summed E-state index contributed by atoms with van der Waals surface area (Å²) in [7, 11) is 1.37. The fourth-order valence-corrected chi connectivity index (χ4v) is 3.80. The van der Waals surface area contributed by atoms with E-state index in [0.29, 0.717) is 30.1 Å². The Bertz CT molecular complexity index is 763. The quantitative estimate of drug-likeness (QED) is 0.787. The Morgan fingerprint density at radius 3 is 2.76 bits per heavy atom. The molecule has 0 unspecified atom stereocenters. The van der Waals surface area contributed by atoms with E-state index in [1.807, 2.05) is 38.1 Å². The van der Waals surface area contributed by atoms with Gasteiger partial charge in [0.15, 0.2) is 5.78 Å². The molecule has 1 aromatic rings. The average molecular weight is 341 g/mol. The number of ether oxygens (including phenoxy) is 2. The average Bonchev–Trinajstić information content (AvgIpc) is 2.61. The zero-order chi connectivity index (χ0) is 18.0. The molecule has 5 heteroatoms. The van der Waals surface area contributed by atoms with Gasteiger partial charge in [-0.3, -0.25) is 14.6 Å². The van der Waals surface area contributed by atoms with Gasteiger partial charge in [-0.1, -0.05) is 18.2 Å². The van der Waals surface area contributed by atoms with Crippen LogP contribution in [-0.2, 0) is 14.3 Å². The normalized spacial score (nSPS) is 23.0. The number of esters is 1.